The minimum absolute atomic E-state index is 0.159. The molecular formula is C16H16ClNO4. The van der Waals surface area contributed by atoms with Crippen molar-refractivity contribution >= 4 is 23.4 Å². The molecule has 0 spiro atoms. The van der Waals surface area contributed by atoms with E-state index in [1.807, 2.05) is 17.6 Å². The van der Waals surface area contributed by atoms with Gasteiger partial charge in [-0.15, -0.1) is 0 Å². The molecule has 2 aromatic heterocycles. The second-order valence-corrected chi connectivity index (χ2v) is 5.94. The summed E-state index contributed by atoms with van der Waals surface area (Å²) >= 11 is 5.74. The molecule has 0 amide bonds. The molecule has 0 fully saturated rings. The molecule has 116 valence electrons. The molecule has 6 heteroatoms. The average molecular weight is 322 g/mol. The summed E-state index contributed by atoms with van der Waals surface area (Å²) in [7, 11) is 0. The molecule has 0 bridgehead atoms. The monoisotopic (exact) mass is 321 g/mol. The smallest absolute Gasteiger partial charge is 0.312 e. The van der Waals surface area contributed by atoms with Gasteiger partial charge in [-0.1, -0.05) is 6.42 Å². The summed E-state index contributed by atoms with van der Waals surface area (Å²) in [4.78, 5) is 24.2. The van der Waals surface area contributed by atoms with Crippen LogP contribution in [-0.4, -0.2) is 21.4 Å². The summed E-state index contributed by atoms with van der Waals surface area (Å²) in [6.45, 7) is 2.46. The van der Waals surface area contributed by atoms with Crippen molar-refractivity contribution in [3.05, 3.63) is 46.1 Å². The van der Waals surface area contributed by atoms with Gasteiger partial charge in [0.05, 0.1) is 11.6 Å². The highest BCUT2D eigenvalue weighted by Crippen LogP contribution is 2.32. The largest absolute Gasteiger partial charge is 0.481 e. The van der Waals surface area contributed by atoms with Crippen LogP contribution in [0.5, 0.6) is 0 Å². The van der Waals surface area contributed by atoms with Gasteiger partial charge in [-0.25, -0.2) is 0 Å². The fraction of sp³-hybridized carbons (Fsp3) is 0.375. The molecule has 0 aromatic carbocycles. The number of ketones is 1. The topological polar surface area (TPSA) is 72.4 Å². The number of rotatable bonds is 3. The molecule has 1 unspecified atom stereocenters. The molecule has 3 heterocycles. The van der Waals surface area contributed by atoms with Crippen molar-refractivity contribution in [3.63, 3.8) is 0 Å². The van der Waals surface area contributed by atoms with Crippen LogP contribution in [0.4, 0.5) is 0 Å². The van der Waals surface area contributed by atoms with Crippen LogP contribution in [0.25, 0.3) is 0 Å². The third-order valence-corrected chi connectivity index (χ3v) is 4.31. The van der Waals surface area contributed by atoms with E-state index in [0.29, 0.717) is 24.4 Å². The number of halogens is 1. The van der Waals surface area contributed by atoms with Crippen LogP contribution in [0.2, 0.25) is 5.22 Å². The zero-order valence-electron chi connectivity index (χ0n) is 12.1. The number of aromatic nitrogens is 1. The molecule has 5 nitrogen and oxygen atoms in total. The van der Waals surface area contributed by atoms with Gasteiger partial charge in [-0.05, 0) is 55.1 Å². The molecule has 22 heavy (non-hydrogen) atoms. The lowest BCUT2D eigenvalue weighted by molar-refractivity contribution is -0.139. The molecule has 2 aromatic rings. The van der Waals surface area contributed by atoms with E-state index in [1.165, 1.54) is 12.1 Å². The maximum Gasteiger partial charge on any atom is 0.312 e. The number of furan rings is 1. The zero-order valence-corrected chi connectivity index (χ0v) is 12.9. The molecule has 1 aliphatic heterocycles. The molecule has 1 atom stereocenters. The number of carbonyl (C=O) groups is 2. The van der Waals surface area contributed by atoms with Gasteiger partial charge in [0.2, 0.25) is 5.78 Å². The minimum Gasteiger partial charge on any atom is -0.481 e. The Bertz CT molecular complexity index is 743. The van der Waals surface area contributed by atoms with Crippen molar-refractivity contribution in [2.45, 2.75) is 38.6 Å². The van der Waals surface area contributed by atoms with E-state index in [1.54, 1.807) is 0 Å². The van der Waals surface area contributed by atoms with Crippen molar-refractivity contribution < 1.29 is 19.1 Å². The molecule has 0 saturated carbocycles. The maximum atomic E-state index is 12.7. The van der Waals surface area contributed by atoms with Crippen LogP contribution in [-0.2, 0) is 11.3 Å². The zero-order chi connectivity index (χ0) is 15.9. The summed E-state index contributed by atoms with van der Waals surface area (Å²) in [6, 6.07) is 4.87. The first-order valence-electron chi connectivity index (χ1n) is 7.22. The summed E-state index contributed by atoms with van der Waals surface area (Å²) in [5.74, 6) is -1.50. The Kier molecular flexibility index (Phi) is 3.83. The predicted molar refractivity (Wildman–Crippen MR) is 80.5 cm³/mol. The standard InChI is InChI=1S/C16H16ClNO4/c1-9-8-11-10(16(20)21)4-2-3-7-18(11)14(9)15(19)12-5-6-13(17)22-12/h5-6,8,10H,2-4,7H2,1H3,(H,20,21). The number of aliphatic carboxylic acids is 1. The van der Waals surface area contributed by atoms with Crippen LogP contribution in [0.15, 0.2) is 22.6 Å². The van der Waals surface area contributed by atoms with Crippen LogP contribution in [0.3, 0.4) is 0 Å². The van der Waals surface area contributed by atoms with Crippen molar-refractivity contribution in [2.75, 3.05) is 0 Å². The SMILES string of the molecule is Cc1cc2n(c1C(=O)c1ccc(Cl)o1)CCCCC2C(=O)O. The highest BCUT2D eigenvalue weighted by atomic mass is 35.5. The quantitative estimate of drug-likeness (QED) is 0.876. The summed E-state index contributed by atoms with van der Waals surface area (Å²) < 4.78 is 7.04. The third kappa shape index (κ3) is 2.46. The van der Waals surface area contributed by atoms with Crippen LogP contribution in [0.1, 0.15) is 52.7 Å². The fourth-order valence-corrected chi connectivity index (χ4v) is 3.26. The first-order valence-corrected chi connectivity index (χ1v) is 7.59. The average Bonchev–Trinajstić information content (AvgIpc) is 2.96. The Labute approximate surface area is 132 Å². The second kappa shape index (κ2) is 5.65. The van der Waals surface area contributed by atoms with Crippen molar-refractivity contribution in [2.24, 2.45) is 0 Å². The molecule has 0 radical (unpaired) electrons. The second-order valence-electron chi connectivity index (χ2n) is 5.57. The van der Waals surface area contributed by atoms with Gasteiger partial charge in [-0.3, -0.25) is 9.59 Å². The molecule has 0 saturated heterocycles. The van der Waals surface area contributed by atoms with E-state index in [-0.39, 0.29) is 16.8 Å². The van der Waals surface area contributed by atoms with E-state index in [9.17, 15) is 14.7 Å². The van der Waals surface area contributed by atoms with Crippen LogP contribution >= 0.6 is 11.6 Å². The summed E-state index contributed by atoms with van der Waals surface area (Å²) in [5, 5.41) is 9.59. The van der Waals surface area contributed by atoms with Gasteiger partial charge in [0.15, 0.2) is 11.0 Å². The van der Waals surface area contributed by atoms with E-state index in [0.717, 1.165) is 18.4 Å². The Morgan fingerprint density at radius 1 is 1.36 bits per heavy atom. The van der Waals surface area contributed by atoms with Gasteiger partial charge < -0.3 is 14.1 Å². The van der Waals surface area contributed by atoms with Crippen molar-refractivity contribution in [1.29, 1.82) is 0 Å². The highest BCUT2D eigenvalue weighted by molar-refractivity contribution is 6.29. The normalized spacial score (nSPS) is 17.8. The highest BCUT2D eigenvalue weighted by Gasteiger charge is 2.30. The first kappa shape index (κ1) is 14.9. The number of carboxylic acids is 1. The lowest BCUT2D eigenvalue weighted by Gasteiger charge is -2.13. The molecule has 1 N–H and O–H groups in total. The molecular weight excluding hydrogens is 306 g/mol. The van der Waals surface area contributed by atoms with Crippen LogP contribution < -0.4 is 0 Å². The fourth-order valence-electron chi connectivity index (χ4n) is 3.11. The number of hydrogen-bond acceptors (Lipinski definition) is 3. The summed E-state index contributed by atoms with van der Waals surface area (Å²) in [6.07, 6.45) is 2.28. The third-order valence-electron chi connectivity index (χ3n) is 4.11. The number of hydrogen-bond donors (Lipinski definition) is 1. The Balaban J connectivity index is 2.10. The number of carbonyl (C=O) groups excluding carboxylic acids is 1. The Hall–Kier alpha value is -2.01. The van der Waals surface area contributed by atoms with Gasteiger partial charge in [0, 0.05) is 12.2 Å². The lowest BCUT2D eigenvalue weighted by Crippen LogP contribution is -2.17. The number of nitrogens with zero attached hydrogens (tertiary/aromatic N) is 1. The number of carboxylic acid groups (broad SMARTS) is 1. The van der Waals surface area contributed by atoms with E-state index in [2.05, 4.69) is 0 Å². The van der Waals surface area contributed by atoms with Crippen molar-refractivity contribution in [3.8, 4) is 0 Å². The van der Waals surface area contributed by atoms with Crippen molar-refractivity contribution in [1.82, 2.24) is 4.57 Å². The van der Waals surface area contributed by atoms with Gasteiger partial charge >= 0.3 is 5.97 Å². The first-order chi connectivity index (χ1) is 10.5. The number of fused-ring (bicyclic) bond motifs is 1. The van der Waals surface area contributed by atoms with E-state index in [4.69, 9.17) is 16.0 Å². The van der Waals surface area contributed by atoms with E-state index >= 15 is 0 Å². The Morgan fingerprint density at radius 3 is 2.77 bits per heavy atom. The predicted octanol–water partition coefficient (Wildman–Crippen LogP) is 3.63. The summed E-state index contributed by atoms with van der Waals surface area (Å²) in [5.41, 5.74) is 1.96. The van der Waals surface area contributed by atoms with Gasteiger partial charge in [0.25, 0.3) is 0 Å². The minimum atomic E-state index is -0.847. The maximum absolute atomic E-state index is 12.7. The molecule has 0 aliphatic carbocycles. The molecule has 1 aliphatic rings. The van der Waals surface area contributed by atoms with Crippen LogP contribution in [0, 0.1) is 6.92 Å². The lowest BCUT2D eigenvalue weighted by atomic mass is 9.99. The van der Waals surface area contributed by atoms with Gasteiger partial charge in [-0.2, -0.15) is 0 Å². The number of aryl methyl sites for hydroxylation is 1. The van der Waals surface area contributed by atoms with E-state index < -0.39 is 11.9 Å². The van der Waals surface area contributed by atoms with Gasteiger partial charge in [0.1, 0.15) is 0 Å². The Morgan fingerprint density at radius 2 is 2.14 bits per heavy atom. The molecule has 3 rings (SSSR count).